The molecule has 3 aliphatic heterocycles. The number of ether oxygens (including phenoxy) is 1. The predicted octanol–water partition coefficient (Wildman–Crippen LogP) is -0.171. The second kappa shape index (κ2) is 11.5. The zero-order chi connectivity index (χ0) is 21.3. The van der Waals surface area contributed by atoms with E-state index >= 15 is 0 Å². The molecule has 1 atom stereocenters. The van der Waals surface area contributed by atoms with Crippen molar-refractivity contribution in [3.05, 3.63) is 0 Å². The molecule has 3 rings (SSSR count). The third kappa shape index (κ3) is 6.84. The van der Waals surface area contributed by atoms with Crippen molar-refractivity contribution in [1.82, 2.24) is 24.9 Å². The summed E-state index contributed by atoms with van der Waals surface area (Å²) in [6.07, 6.45) is 5.84. The monoisotopic (exact) mass is 422 g/mol. The van der Waals surface area contributed by atoms with E-state index in [0.717, 1.165) is 77.5 Å². The number of aliphatic imine (C=N–C) groups is 1. The van der Waals surface area contributed by atoms with Gasteiger partial charge in [0.05, 0.1) is 12.6 Å². The zero-order valence-electron chi connectivity index (χ0n) is 18.6. The van der Waals surface area contributed by atoms with E-state index in [9.17, 15) is 9.59 Å². The lowest BCUT2D eigenvalue weighted by Crippen LogP contribution is -2.55. The third-order valence-electron chi connectivity index (χ3n) is 6.11. The first-order valence-corrected chi connectivity index (χ1v) is 11.4. The molecular formula is C21H38N6O3. The van der Waals surface area contributed by atoms with E-state index in [1.807, 2.05) is 4.90 Å². The van der Waals surface area contributed by atoms with Crippen LogP contribution in [0.25, 0.3) is 0 Å². The van der Waals surface area contributed by atoms with Gasteiger partial charge in [-0.15, -0.1) is 0 Å². The first kappa shape index (κ1) is 22.8. The Morgan fingerprint density at radius 2 is 1.73 bits per heavy atom. The van der Waals surface area contributed by atoms with Crippen molar-refractivity contribution in [2.24, 2.45) is 4.99 Å². The van der Waals surface area contributed by atoms with Crippen molar-refractivity contribution in [1.29, 1.82) is 0 Å². The SMILES string of the molecule is CN(C)C(=O)CN=C(NCC1CCCCO1)N1CCN(CC(=O)N2CCCC2)CC1. The molecule has 3 heterocycles. The number of carbonyl (C=O) groups is 2. The molecule has 170 valence electrons. The molecule has 3 aliphatic rings. The van der Waals surface area contributed by atoms with Gasteiger partial charge in [-0.05, 0) is 32.1 Å². The summed E-state index contributed by atoms with van der Waals surface area (Å²) in [6, 6.07) is 0. The standard InChI is InChI=1S/C21H38N6O3/c1-24(2)19(28)16-23-21(22-15-18-7-3-6-14-30-18)27-12-10-25(11-13-27)17-20(29)26-8-4-5-9-26/h18H,3-17H2,1-2H3,(H,22,23). The molecule has 0 saturated carbocycles. The van der Waals surface area contributed by atoms with Gasteiger partial charge in [-0.25, -0.2) is 4.99 Å². The fourth-order valence-electron chi connectivity index (χ4n) is 4.10. The van der Waals surface area contributed by atoms with Crippen molar-refractivity contribution >= 4 is 17.8 Å². The van der Waals surface area contributed by atoms with Gasteiger partial charge in [-0.2, -0.15) is 0 Å². The number of amides is 2. The largest absolute Gasteiger partial charge is 0.376 e. The fraction of sp³-hybridized carbons (Fsp3) is 0.857. The summed E-state index contributed by atoms with van der Waals surface area (Å²) < 4.78 is 5.83. The molecular weight excluding hydrogens is 384 g/mol. The van der Waals surface area contributed by atoms with E-state index in [-0.39, 0.29) is 24.5 Å². The van der Waals surface area contributed by atoms with E-state index in [2.05, 4.69) is 20.1 Å². The van der Waals surface area contributed by atoms with Gasteiger partial charge in [0.25, 0.3) is 0 Å². The summed E-state index contributed by atoms with van der Waals surface area (Å²) in [5.74, 6) is 1.00. The molecule has 0 bridgehead atoms. The van der Waals surface area contributed by atoms with E-state index in [1.54, 1.807) is 19.0 Å². The van der Waals surface area contributed by atoms with Crippen LogP contribution in [-0.4, -0.2) is 123 Å². The molecule has 0 aromatic heterocycles. The number of hydrogen-bond acceptors (Lipinski definition) is 5. The van der Waals surface area contributed by atoms with E-state index in [1.165, 1.54) is 6.42 Å². The van der Waals surface area contributed by atoms with E-state index in [4.69, 9.17) is 4.74 Å². The number of likely N-dealkylation sites (N-methyl/N-ethyl adjacent to an activating group) is 1. The number of rotatable bonds is 6. The lowest BCUT2D eigenvalue weighted by Gasteiger charge is -2.37. The maximum Gasteiger partial charge on any atom is 0.243 e. The topological polar surface area (TPSA) is 80.7 Å². The number of likely N-dealkylation sites (tertiary alicyclic amines) is 1. The average molecular weight is 423 g/mol. The second-order valence-electron chi connectivity index (χ2n) is 8.65. The minimum atomic E-state index is -0.0157. The normalized spacial score (nSPS) is 23.5. The van der Waals surface area contributed by atoms with Crippen LogP contribution in [0, 0.1) is 0 Å². The summed E-state index contributed by atoms with van der Waals surface area (Å²) in [7, 11) is 3.49. The highest BCUT2D eigenvalue weighted by Crippen LogP contribution is 2.12. The van der Waals surface area contributed by atoms with Crippen LogP contribution in [-0.2, 0) is 14.3 Å². The summed E-state index contributed by atoms with van der Waals surface area (Å²) in [5.41, 5.74) is 0. The number of carbonyl (C=O) groups excluding carboxylic acids is 2. The van der Waals surface area contributed by atoms with Crippen LogP contribution in [0.5, 0.6) is 0 Å². The van der Waals surface area contributed by atoms with Crippen molar-refractivity contribution in [3.63, 3.8) is 0 Å². The molecule has 30 heavy (non-hydrogen) atoms. The second-order valence-corrected chi connectivity index (χ2v) is 8.65. The van der Waals surface area contributed by atoms with Crippen molar-refractivity contribution in [2.45, 2.75) is 38.2 Å². The number of guanidine groups is 1. The van der Waals surface area contributed by atoms with Crippen LogP contribution in [0.15, 0.2) is 4.99 Å². The first-order chi connectivity index (χ1) is 14.5. The highest BCUT2D eigenvalue weighted by atomic mass is 16.5. The smallest absolute Gasteiger partial charge is 0.243 e. The van der Waals surface area contributed by atoms with Gasteiger partial charge in [-0.3, -0.25) is 14.5 Å². The Labute approximate surface area is 180 Å². The van der Waals surface area contributed by atoms with Crippen LogP contribution >= 0.6 is 0 Å². The van der Waals surface area contributed by atoms with E-state index in [0.29, 0.717) is 13.1 Å². The highest BCUT2D eigenvalue weighted by Gasteiger charge is 2.25. The van der Waals surface area contributed by atoms with Gasteiger partial charge in [-0.1, -0.05) is 0 Å². The molecule has 0 aromatic rings. The van der Waals surface area contributed by atoms with Crippen LogP contribution in [0.1, 0.15) is 32.1 Å². The Balaban J connectivity index is 1.51. The number of hydrogen-bond donors (Lipinski definition) is 1. The highest BCUT2D eigenvalue weighted by molar-refractivity contribution is 5.85. The van der Waals surface area contributed by atoms with Crippen LogP contribution in [0.2, 0.25) is 0 Å². The van der Waals surface area contributed by atoms with E-state index < -0.39 is 0 Å². The average Bonchev–Trinajstić information content (AvgIpc) is 3.30. The van der Waals surface area contributed by atoms with Gasteiger partial charge in [0.15, 0.2) is 5.96 Å². The van der Waals surface area contributed by atoms with Gasteiger partial charge in [0.2, 0.25) is 11.8 Å². The quantitative estimate of drug-likeness (QED) is 0.473. The molecule has 3 fully saturated rings. The summed E-state index contributed by atoms with van der Waals surface area (Å²) in [6.45, 7) is 7.21. The Morgan fingerprint density at radius 3 is 2.37 bits per heavy atom. The molecule has 3 saturated heterocycles. The Kier molecular flexibility index (Phi) is 8.74. The van der Waals surface area contributed by atoms with Crippen LogP contribution in [0.3, 0.4) is 0 Å². The Morgan fingerprint density at radius 1 is 1.00 bits per heavy atom. The maximum atomic E-state index is 12.4. The minimum Gasteiger partial charge on any atom is -0.376 e. The zero-order valence-corrected chi connectivity index (χ0v) is 18.6. The minimum absolute atomic E-state index is 0.0157. The molecule has 0 aromatic carbocycles. The molecule has 0 aliphatic carbocycles. The van der Waals surface area contributed by atoms with Crippen molar-refractivity contribution in [3.8, 4) is 0 Å². The Hall–Kier alpha value is -1.87. The van der Waals surface area contributed by atoms with Crippen LogP contribution in [0.4, 0.5) is 0 Å². The predicted molar refractivity (Wildman–Crippen MR) is 116 cm³/mol. The number of piperazine rings is 1. The van der Waals surface area contributed by atoms with Gasteiger partial charge in [0, 0.05) is 66.5 Å². The molecule has 9 heteroatoms. The van der Waals surface area contributed by atoms with Crippen molar-refractivity contribution in [2.75, 3.05) is 79.6 Å². The molecule has 1 N–H and O–H groups in total. The maximum absolute atomic E-state index is 12.4. The summed E-state index contributed by atoms with van der Waals surface area (Å²) >= 11 is 0. The Bertz CT molecular complexity index is 592. The third-order valence-corrected chi connectivity index (χ3v) is 6.11. The molecule has 0 spiro atoms. The molecule has 0 radical (unpaired) electrons. The summed E-state index contributed by atoms with van der Waals surface area (Å²) in [5, 5.41) is 3.44. The molecule has 2 amide bonds. The van der Waals surface area contributed by atoms with Gasteiger partial charge < -0.3 is 24.8 Å². The summed E-state index contributed by atoms with van der Waals surface area (Å²) in [4.78, 5) is 37.0. The number of nitrogens with zero attached hydrogens (tertiary/aromatic N) is 5. The first-order valence-electron chi connectivity index (χ1n) is 11.4. The lowest BCUT2D eigenvalue weighted by molar-refractivity contribution is -0.131. The molecule has 1 unspecified atom stereocenters. The van der Waals surface area contributed by atoms with Crippen molar-refractivity contribution < 1.29 is 14.3 Å². The molecule has 9 nitrogen and oxygen atoms in total. The lowest BCUT2D eigenvalue weighted by atomic mass is 10.1. The van der Waals surface area contributed by atoms with Gasteiger partial charge >= 0.3 is 0 Å². The fourth-order valence-corrected chi connectivity index (χ4v) is 4.10. The van der Waals surface area contributed by atoms with Crippen LogP contribution < -0.4 is 5.32 Å². The number of nitrogens with one attached hydrogen (secondary N) is 1. The van der Waals surface area contributed by atoms with Gasteiger partial charge in [0.1, 0.15) is 6.54 Å².